The van der Waals surface area contributed by atoms with Crippen LogP contribution in [-0.4, -0.2) is 14.2 Å². The summed E-state index contributed by atoms with van der Waals surface area (Å²) in [6, 6.07) is 18.3. The van der Waals surface area contributed by atoms with Gasteiger partial charge in [0.2, 0.25) is 9.84 Å². The Kier molecular flexibility index (Phi) is 6.50. The number of carbonyl (C=O) groups is 1. The van der Waals surface area contributed by atoms with Crippen molar-refractivity contribution in [2.75, 3.05) is 0 Å². The van der Waals surface area contributed by atoms with Crippen LogP contribution < -0.4 is 0 Å². The summed E-state index contributed by atoms with van der Waals surface area (Å²) in [5.41, 5.74) is 1.16. The van der Waals surface area contributed by atoms with Crippen LogP contribution in [0.3, 0.4) is 0 Å². The number of benzene rings is 2. The lowest BCUT2D eigenvalue weighted by Crippen LogP contribution is -2.07. The van der Waals surface area contributed by atoms with E-state index in [-0.39, 0.29) is 23.5 Å². The van der Waals surface area contributed by atoms with Gasteiger partial charge in [-0.05, 0) is 43.9 Å². The second kappa shape index (κ2) is 8.60. The molecule has 0 atom stereocenters. The van der Waals surface area contributed by atoms with Crippen molar-refractivity contribution in [3.05, 3.63) is 77.2 Å². The summed E-state index contributed by atoms with van der Waals surface area (Å²) in [7, 11) is -3.54. The van der Waals surface area contributed by atoms with E-state index in [0.29, 0.717) is 11.3 Å². The smallest absolute Gasteiger partial charge is 0.202 e. The topological polar surface area (TPSA) is 51.2 Å². The van der Waals surface area contributed by atoms with Crippen molar-refractivity contribution in [3.63, 3.8) is 0 Å². The fourth-order valence-corrected chi connectivity index (χ4v) is 3.97. The molecule has 0 aromatic heterocycles. The maximum Gasteiger partial charge on any atom is 0.202 e. The van der Waals surface area contributed by atoms with Gasteiger partial charge < -0.3 is 4.79 Å². The van der Waals surface area contributed by atoms with E-state index in [2.05, 4.69) is 0 Å². The Morgan fingerprint density at radius 2 is 1.50 bits per heavy atom. The summed E-state index contributed by atoms with van der Waals surface area (Å²) in [6.07, 6.45) is 3.65. The zero-order chi connectivity index (χ0) is 17.4. The monoisotopic (exact) mass is 342 g/mol. The quantitative estimate of drug-likeness (QED) is 0.717. The van der Waals surface area contributed by atoms with Crippen LogP contribution in [0.5, 0.6) is 0 Å². The van der Waals surface area contributed by atoms with Crippen LogP contribution in [0.25, 0.3) is 0 Å². The summed E-state index contributed by atoms with van der Waals surface area (Å²) >= 11 is 0. The van der Waals surface area contributed by atoms with Crippen LogP contribution in [0.15, 0.2) is 76.5 Å². The Morgan fingerprint density at radius 1 is 0.917 bits per heavy atom. The van der Waals surface area contributed by atoms with Gasteiger partial charge in [-0.15, -0.1) is 0 Å². The average Bonchev–Trinajstić information content (AvgIpc) is 2.59. The largest absolute Gasteiger partial charge is 0.300 e. The number of aryl methyl sites for hydroxylation is 1. The first-order valence-electron chi connectivity index (χ1n) is 8.02. The van der Waals surface area contributed by atoms with Gasteiger partial charge in [0.1, 0.15) is 5.78 Å². The number of allylic oxidation sites excluding steroid dienone is 2. The lowest BCUT2D eigenvalue weighted by molar-refractivity contribution is -0.116. The van der Waals surface area contributed by atoms with Crippen LogP contribution in [0.2, 0.25) is 0 Å². The van der Waals surface area contributed by atoms with Crippen molar-refractivity contribution in [2.24, 2.45) is 0 Å². The summed E-state index contributed by atoms with van der Waals surface area (Å²) in [5, 5.41) is 0. The van der Waals surface area contributed by atoms with Gasteiger partial charge in [0, 0.05) is 11.3 Å². The van der Waals surface area contributed by atoms with Crippen molar-refractivity contribution in [3.8, 4) is 0 Å². The van der Waals surface area contributed by atoms with Crippen molar-refractivity contribution in [1.82, 2.24) is 0 Å². The predicted molar refractivity (Wildman–Crippen MR) is 96.4 cm³/mol. The molecular formula is C20H22O3S. The van der Waals surface area contributed by atoms with E-state index in [1.54, 1.807) is 36.4 Å². The first kappa shape index (κ1) is 18.1. The minimum absolute atomic E-state index is 0.00720. The zero-order valence-electron chi connectivity index (χ0n) is 13.8. The Labute approximate surface area is 144 Å². The van der Waals surface area contributed by atoms with Gasteiger partial charge in [-0.25, -0.2) is 8.42 Å². The van der Waals surface area contributed by atoms with Gasteiger partial charge in [-0.3, -0.25) is 0 Å². The molecule has 0 bridgehead atoms. The van der Waals surface area contributed by atoms with Gasteiger partial charge in [0.15, 0.2) is 0 Å². The predicted octanol–water partition coefficient (Wildman–Crippen LogP) is 4.35. The highest BCUT2D eigenvalue weighted by molar-refractivity contribution is 7.95. The van der Waals surface area contributed by atoms with Crippen LogP contribution in [0.1, 0.15) is 31.7 Å². The molecule has 0 fully saturated rings. The van der Waals surface area contributed by atoms with E-state index < -0.39 is 9.84 Å². The number of carbonyl (C=O) groups excluding carboxylic acids is 1. The summed E-state index contributed by atoms with van der Waals surface area (Å²) < 4.78 is 25.6. The molecule has 0 aliphatic rings. The van der Waals surface area contributed by atoms with Crippen LogP contribution in [-0.2, 0) is 21.1 Å². The Morgan fingerprint density at radius 3 is 2.08 bits per heavy atom. The lowest BCUT2D eigenvalue weighted by Gasteiger charge is -2.09. The molecule has 0 unspecified atom stereocenters. The first-order valence-corrected chi connectivity index (χ1v) is 9.51. The fraction of sp³-hybridized carbons (Fsp3) is 0.250. The van der Waals surface area contributed by atoms with E-state index in [1.165, 1.54) is 6.92 Å². The van der Waals surface area contributed by atoms with Crippen molar-refractivity contribution < 1.29 is 13.2 Å². The molecule has 0 aliphatic carbocycles. The summed E-state index contributed by atoms with van der Waals surface area (Å²) in [5.74, 6) is -0.00720. The Balaban J connectivity index is 2.20. The SMILES string of the molecule is CC(=O)CC/C(=C\CCc1ccccc1)S(=O)(=O)c1ccccc1. The van der Waals surface area contributed by atoms with E-state index in [0.717, 1.165) is 12.0 Å². The molecule has 24 heavy (non-hydrogen) atoms. The molecule has 0 spiro atoms. The fourth-order valence-electron chi connectivity index (χ4n) is 2.44. The molecule has 0 aliphatic heterocycles. The van der Waals surface area contributed by atoms with Gasteiger partial charge in [0.25, 0.3) is 0 Å². The van der Waals surface area contributed by atoms with Crippen molar-refractivity contribution in [2.45, 2.75) is 37.5 Å². The van der Waals surface area contributed by atoms with Crippen LogP contribution >= 0.6 is 0 Å². The molecule has 0 amide bonds. The minimum atomic E-state index is -3.54. The molecule has 3 nitrogen and oxygen atoms in total. The highest BCUT2D eigenvalue weighted by Gasteiger charge is 2.20. The van der Waals surface area contributed by atoms with Gasteiger partial charge in [0.05, 0.1) is 4.90 Å². The second-order valence-electron chi connectivity index (χ2n) is 5.71. The van der Waals surface area contributed by atoms with E-state index in [1.807, 2.05) is 30.3 Å². The maximum atomic E-state index is 12.8. The molecule has 2 aromatic rings. The molecule has 4 heteroatoms. The number of hydrogen-bond acceptors (Lipinski definition) is 3. The van der Waals surface area contributed by atoms with Gasteiger partial charge in [-0.2, -0.15) is 0 Å². The molecule has 0 saturated carbocycles. The van der Waals surface area contributed by atoms with E-state index in [9.17, 15) is 13.2 Å². The zero-order valence-corrected chi connectivity index (χ0v) is 14.6. The number of ketones is 1. The number of Topliss-reactive ketones (excluding diaryl/α,β-unsaturated/α-hetero) is 1. The summed E-state index contributed by atoms with van der Waals surface area (Å²) in [6.45, 7) is 1.48. The third kappa shape index (κ3) is 5.17. The lowest BCUT2D eigenvalue weighted by atomic mass is 10.1. The van der Waals surface area contributed by atoms with Crippen molar-refractivity contribution in [1.29, 1.82) is 0 Å². The van der Waals surface area contributed by atoms with Crippen LogP contribution in [0, 0.1) is 0 Å². The average molecular weight is 342 g/mol. The standard InChI is InChI=1S/C20H22O3S/c1-17(21)15-16-20(14-8-11-18-9-4-2-5-10-18)24(22,23)19-12-6-3-7-13-19/h2-7,9-10,12-14H,8,11,15-16H2,1H3/b20-14+. The molecule has 0 radical (unpaired) electrons. The number of rotatable bonds is 8. The first-order chi connectivity index (χ1) is 11.5. The molecule has 0 saturated heterocycles. The Hall–Kier alpha value is -2.20. The molecule has 2 rings (SSSR count). The molecular weight excluding hydrogens is 320 g/mol. The highest BCUT2D eigenvalue weighted by Crippen LogP contribution is 2.24. The van der Waals surface area contributed by atoms with Crippen LogP contribution in [0.4, 0.5) is 0 Å². The van der Waals surface area contributed by atoms with Gasteiger partial charge in [-0.1, -0.05) is 54.6 Å². The van der Waals surface area contributed by atoms with Gasteiger partial charge >= 0.3 is 0 Å². The number of sulfone groups is 1. The third-order valence-electron chi connectivity index (χ3n) is 3.77. The van der Waals surface area contributed by atoms with Crippen molar-refractivity contribution >= 4 is 15.6 Å². The van der Waals surface area contributed by atoms with E-state index >= 15 is 0 Å². The molecule has 0 heterocycles. The molecule has 126 valence electrons. The van der Waals surface area contributed by atoms with E-state index in [4.69, 9.17) is 0 Å². The Bertz CT molecular complexity index is 791. The second-order valence-corrected chi connectivity index (χ2v) is 7.72. The third-order valence-corrected chi connectivity index (χ3v) is 5.72. The normalized spacial score (nSPS) is 12.1. The maximum absolute atomic E-state index is 12.8. The molecule has 2 aromatic carbocycles. The minimum Gasteiger partial charge on any atom is -0.300 e. The number of hydrogen-bond donors (Lipinski definition) is 0. The highest BCUT2D eigenvalue weighted by atomic mass is 32.2. The molecule has 0 N–H and O–H groups in total. The summed E-state index contributed by atoms with van der Waals surface area (Å²) in [4.78, 5) is 11.9.